The second kappa shape index (κ2) is 10.2. The lowest BCUT2D eigenvalue weighted by Crippen LogP contribution is -2.47. The summed E-state index contributed by atoms with van der Waals surface area (Å²) in [6.45, 7) is 2.25. The second-order valence-corrected chi connectivity index (χ2v) is 8.72. The lowest BCUT2D eigenvalue weighted by atomic mass is 9.99. The van der Waals surface area contributed by atoms with E-state index >= 15 is 0 Å². The minimum Gasteiger partial charge on any atom is -0.497 e. The van der Waals surface area contributed by atoms with E-state index in [2.05, 4.69) is 39.5 Å². The number of aromatic nitrogens is 3. The molecule has 36 heavy (non-hydrogen) atoms. The van der Waals surface area contributed by atoms with E-state index in [9.17, 15) is 4.79 Å². The van der Waals surface area contributed by atoms with Gasteiger partial charge < -0.3 is 19.7 Å². The van der Waals surface area contributed by atoms with Crippen molar-refractivity contribution in [3.05, 3.63) is 89.0 Å². The quantitative estimate of drug-likeness (QED) is 0.448. The summed E-state index contributed by atoms with van der Waals surface area (Å²) in [5, 5.41) is 3.61. The molecule has 5 rings (SSSR count). The standard InChI is InChI=1S/C28H29N5O3/c1-32-27(34)17-24(21-10-12-29-13-11-21)31-28(32)33-15-14-30-25(18-33)20-6-4-19(5-7-20)23-9-8-22(35-2)16-26(23)36-3/h4-13,16-17,25,30H,14-15,18H2,1-3H3/t25-/m1/s1. The highest BCUT2D eigenvalue weighted by Gasteiger charge is 2.24. The summed E-state index contributed by atoms with van der Waals surface area (Å²) in [6.07, 6.45) is 3.42. The van der Waals surface area contributed by atoms with Crippen molar-refractivity contribution in [1.82, 2.24) is 19.9 Å². The summed E-state index contributed by atoms with van der Waals surface area (Å²) < 4.78 is 12.5. The van der Waals surface area contributed by atoms with Gasteiger partial charge in [0.15, 0.2) is 0 Å². The Bertz CT molecular complexity index is 1400. The van der Waals surface area contributed by atoms with Crippen LogP contribution in [0.5, 0.6) is 11.5 Å². The smallest absolute Gasteiger partial charge is 0.255 e. The van der Waals surface area contributed by atoms with Crippen molar-refractivity contribution in [2.24, 2.45) is 7.05 Å². The highest BCUT2D eigenvalue weighted by atomic mass is 16.5. The van der Waals surface area contributed by atoms with Crippen LogP contribution in [0.3, 0.4) is 0 Å². The number of pyridine rings is 1. The van der Waals surface area contributed by atoms with E-state index < -0.39 is 0 Å². The lowest BCUT2D eigenvalue weighted by Gasteiger charge is -2.35. The van der Waals surface area contributed by atoms with Gasteiger partial charge in [-0.2, -0.15) is 0 Å². The van der Waals surface area contributed by atoms with E-state index in [0.29, 0.717) is 18.2 Å². The summed E-state index contributed by atoms with van der Waals surface area (Å²) in [7, 11) is 5.08. The van der Waals surface area contributed by atoms with Crippen LogP contribution in [-0.2, 0) is 7.05 Å². The Balaban J connectivity index is 1.39. The number of hydrogen-bond donors (Lipinski definition) is 1. The van der Waals surface area contributed by atoms with Gasteiger partial charge in [0.2, 0.25) is 5.95 Å². The SMILES string of the molecule is COc1ccc(-c2ccc([C@H]3CN(c4nc(-c5ccncc5)cc(=O)n4C)CCN3)cc2)c(OC)c1. The molecule has 0 bridgehead atoms. The van der Waals surface area contributed by atoms with E-state index in [1.807, 2.05) is 30.3 Å². The van der Waals surface area contributed by atoms with Crippen LogP contribution in [0.2, 0.25) is 0 Å². The molecule has 184 valence electrons. The van der Waals surface area contributed by atoms with Crippen LogP contribution in [-0.4, -0.2) is 48.4 Å². The van der Waals surface area contributed by atoms with Gasteiger partial charge in [0, 0.05) is 68.4 Å². The largest absolute Gasteiger partial charge is 0.497 e. The molecule has 0 aliphatic carbocycles. The number of rotatable bonds is 6. The molecule has 0 spiro atoms. The summed E-state index contributed by atoms with van der Waals surface area (Å²) >= 11 is 0. The zero-order chi connectivity index (χ0) is 25.1. The Hall–Kier alpha value is -4.17. The number of nitrogens with one attached hydrogen (secondary N) is 1. The van der Waals surface area contributed by atoms with Gasteiger partial charge in [-0.25, -0.2) is 4.98 Å². The molecule has 1 atom stereocenters. The number of ether oxygens (including phenoxy) is 2. The zero-order valence-electron chi connectivity index (χ0n) is 20.6. The van der Waals surface area contributed by atoms with Gasteiger partial charge >= 0.3 is 0 Å². The normalized spacial score (nSPS) is 15.5. The number of benzene rings is 2. The molecular weight excluding hydrogens is 454 g/mol. The molecule has 2 aromatic heterocycles. The van der Waals surface area contributed by atoms with E-state index in [4.69, 9.17) is 14.5 Å². The summed E-state index contributed by atoms with van der Waals surface area (Å²) in [4.78, 5) is 23.8. The van der Waals surface area contributed by atoms with Gasteiger partial charge in [0.25, 0.3) is 5.56 Å². The van der Waals surface area contributed by atoms with E-state index in [1.165, 1.54) is 5.56 Å². The Morgan fingerprint density at radius 2 is 1.72 bits per heavy atom. The number of anilines is 1. The molecule has 1 aliphatic heterocycles. The molecule has 8 heteroatoms. The summed E-state index contributed by atoms with van der Waals surface area (Å²) in [5.41, 5.74) is 4.70. The van der Waals surface area contributed by atoms with Crippen molar-refractivity contribution in [2.45, 2.75) is 6.04 Å². The van der Waals surface area contributed by atoms with Crippen LogP contribution in [0, 0.1) is 0 Å². The predicted molar refractivity (Wildman–Crippen MR) is 141 cm³/mol. The molecule has 1 fully saturated rings. The fourth-order valence-corrected chi connectivity index (χ4v) is 4.57. The van der Waals surface area contributed by atoms with Gasteiger partial charge in [-0.1, -0.05) is 24.3 Å². The molecule has 4 aromatic rings. The molecule has 0 radical (unpaired) electrons. The molecule has 1 saturated heterocycles. The zero-order valence-corrected chi connectivity index (χ0v) is 20.6. The van der Waals surface area contributed by atoms with E-state index in [0.717, 1.165) is 41.3 Å². The van der Waals surface area contributed by atoms with Gasteiger partial charge in [0.05, 0.1) is 19.9 Å². The number of nitrogens with zero attached hydrogens (tertiary/aromatic N) is 4. The molecule has 2 aromatic carbocycles. The maximum absolute atomic E-state index is 12.7. The van der Waals surface area contributed by atoms with Crippen molar-refractivity contribution in [2.75, 3.05) is 38.8 Å². The average molecular weight is 484 g/mol. The van der Waals surface area contributed by atoms with E-state index in [-0.39, 0.29) is 11.6 Å². The Morgan fingerprint density at radius 1 is 0.944 bits per heavy atom. The number of hydrogen-bond acceptors (Lipinski definition) is 7. The molecule has 0 unspecified atom stereocenters. The minimum absolute atomic E-state index is 0.0836. The monoisotopic (exact) mass is 483 g/mol. The van der Waals surface area contributed by atoms with E-state index in [1.54, 1.807) is 44.3 Å². The summed E-state index contributed by atoms with van der Waals surface area (Å²) in [6, 6.07) is 19.7. The molecule has 1 aliphatic rings. The van der Waals surface area contributed by atoms with Crippen molar-refractivity contribution in [3.63, 3.8) is 0 Å². The topological polar surface area (TPSA) is 81.5 Å². The van der Waals surface area contributed by atoms with Gasteiger partial charge in [-0.3, -0.25) is 14.3 Å². The number of piperazine rings is 1. The predicted octanol–water partition coefficient (Wildman–Crippen LogP) is 3.68. The average Bonchev–Trinajstić information content (AvgIpc) is 2.94. The highest BCUT2D eigenvalue weighted by Crippen LogP contribution is 2.34. The van der Waals surface area contributed by atoms with Crippen molar-refractivity contribution >= 4 is 5.95 Å². The van der Waals surface area contributed by atoms with Crippen molar-refractivity contribution in [1.29, 1.82) is 0 Å². The minimum atomic E-state index is -0.0836. The molecule has 0 amide bonds. The first-order valence-electron chi connectivity index (χ1n) is 11.9. The van der Waals surface area contributed by atoms with Crippen LogP contribution in [0.1, 0.15) is 11.6 Å². The van der Waals surface area contributed by atoms with Crippen LogP contribution in [0.15, 0.2) is 77.9 Å². The fraction of sp³-hybridized carbons (Fsp3) is 0.250. The van der Waals surface area contributed by atoms with Crippen LogP contribution in [0.4, 0.5) is 5.95 Å². The van der Waals surface area contributed by atoms with Crippen LogP contribution in [0.25, 0.3) is 22.4 Å². The second-order valence-electron chi connectivity index (χ2n) is 8.72. The maximum atomic E-state index is 12.7. The molecule has 3 heterocycles. The molecule has 1 N–H and O–H groups in total. The van der Waals surface area contributed by atoms with Crippen molar-refractivity contribution < 1.29 is 9.47 Å². The molecular formula is C28H29N5O3. The Kier molecular flexibility index (Phi) is 6.69. The Labute approximate surface area is 210 Å². The first-order chi connectivity index (χ1) is 17.6. The molecule has 8 nitrogen and oxygen atoms in total. The first kappa shape index (κ1) is 23.6. The van der Waals surface area contributed by atoms with Crippen LogP contribution < -0.4 is 25.2 Å². The molecule has 0 saturated carbocycles. The summed E-state index contributed by atoms with van der Waals surface area (Å²) in [5.74, 6) is 2.19. The lowest BCUT2D eigenvalue weighted by molar-refractivity contribution is 0.395. The fourth-order valence-electron chi connectivity index (χ4n) is 4.57. The van der Waals surface area contributed by atoms with Crippen LogP contribution >= 0.6 is 0 Å². The van der Waals surface area contributed by atoms with Gasteiger partial charge in [0.1, 0.15) is 11.5 Å². The third kappa shape index (κ3) is 4.67. The Morgan fingerprint density at radius 3 is 2.44 bits per heavy atom. The van der Waals surface area contributed by atoms with Gasteiger partial charge in [-0.15, -0.1) is 0 Å². The third-order valence-corrected chi connectivity index (χ3v) is 6.58. The van der Waals surface area contributed by atoms with Gasteiger partial charge in [-0.05, 0) is 35.4 Å². The maximum Gasteiger partial charge on any atom is 0.255 e. The highest BCUT2D eigenvalue weighted by molar-refractivity contribution is 5.72. The third-order valence-electron chi connectivity index (χ3n) is 6.58. The number of methoxy groups -OCH3 is 2. The first-order valence-corrected chi connectivity index (χ1v) is 11.9. The van der Waals surface area contributed by atoms with Crippen molar-refractivity contribution in [3.8, 4) is 33.9 Å².